The van der Waals surface area contributed by atoms with E-state index in [-0.39, 0.29) is 41.9 Å². The number of carboxylic acids is 1. The van der Waals surface area contributed by atoms with Crippen LogP contribution in [-0.4, -0.2) is 29.0 Å². The Bertz CT molecular complexity index is 317. The Labute approximate surface area is 114 Å². The Morgan fingerprint density at radius 1 is 1.36 bits per heavy atom. The smallest absolute Gasteiger partial charge is 1.00 e. The summed E-state index contributed by atoms with van der Waals surface area (Å²) in [7, 11) is 0. The van der Waals surface area contributed by atoms with Crippen molar-refractivity contribution in [3.63, 3.8) is 0 Å². The molecule has 2 nitrogen and oxygen atoms in total. The third kappa shape index (κ3) is 5.27. The molecule has 0 atom stereocenters. The van der Waals surface area contributed by atoms with Gasteiger partial charge < -0.3 is 22.3 Å². The number of halogens is 3. The summed E-state index contributed by atoms with van der Waals surface area (Å²) in [6.45, 7) is 0. The zero-order valence-electron chi connectivity index (χ0n) is 7.10. The van der Waals surface area contributed by atoms with E-state index in [4.69, 9.17) is 23.2 Å². The maximum Gasteiger partial charge on any atom is 2.00 e. The summed E-state index contributed by atoms with van der Waals surface area (Å²) in [6.07, 6.45) is -0.185. The predicted molar refractivity (Wildman–Crippen MR) is 50.9 cm³/mol. The molecule has 14 heavy (non-hydrogen) atoms. The second-order valence-corrected chi connectivity index (χ2v) is 3.13. The largest absolute Gasteiger partial charge is 2.00 e. The molecular weight excluding hydrogens is 259 g/mol. The zero-order valence-corrected chi connectivity index (χ0v) is 10.8. The molecule has 0 aliphatic rings. The number of hydrogen-bond donors (Lipinski definition) is 0. The van der Waals surface area contributed by atoms with Crippen molar-refractivity contribution in [1.29, 1.82) is 0 Å². The first kappa shape index (κ1) is 16.7. The monoisotopic (exact) mass is 262 g/mol. The topological polar surface area (TPSA) is 40.1 Å². The number of rotatable bonds is 2. The van der Waals surface area contributed by atoms with Crippen molar-refractivity contribution in [2.45, 2.75) is 6.42 Å². The Balaban J connectivity index is 0. The minimum absolute atomic E-state index is 0. The Morgan fingerprint density at radius 3 is 2.36 bits per heavy atom. The van der Waals surface area contributed by atoms with Crippen LogP contribution in [0, 0.1) is 0 Å². The molecule has 0 radical (unpaired) electrons. The standard InChI is InChI=1S/C8H6Cl2O2.ClH.Mg/c9-6-2-1-5(3-8(11)12)7(10)4-6;;/h1-2,4H,3H2,(H,11,12);1H;/q;;+2/p-2. The maximum absolute atomic E-state index is 10.2. The van der Waals surface area contributed by atoms with Gasteiger partial charge in [-0.25, -0.2) is 0 Å². The van der Waals surface area contributed by atoms with Crippen molar-refractivity contribution in [2.24, 2.45) is 0 Å². The van der Waals surface area contributed by atoms with Gasteiger partial charge in [0.05, 0.1) is 0 Å². The molecule has 0 unspecified atom stereocenters. The van der Waals surface area contributed by atoms with E-state index >= 15 is 0 Å². The Morgan fingerprint density at radius 2 is 1.93 bits per heavy atom. The molecule has 0 aromatic heterocycles. The van der Waals surface area contributed by atoms with Crippen molar-refractivity contribution in [3.05, 3.63) is 33.8 Å². The van der Waals surface area contributed by atoms with Gasteiger partial charge in [0.25, 0.3) is 0 Å². The molecule has 0 amide bonds. The SMILES string of the molecule is O=C([O-])Cc1ccc(Cl)cc1Cl.[Cl-].[Mg+2]. The second kappa shape index (κ2) is 7.60. The minimum atomic E-state index is -1.15. The normalized spacial score (nSPS) is 8.43. The van der Waals surface area contributed by atoms with Crippen LogP contribution in [0.25, 0.3) is 0 Å². The molecular formula is C8H5Cl3MgO2. The number of hydrogen-bond acceptors (Lipinski definition) is 2. The van der Waals surface area contributed by atoms with Gasteiger partial charge in [0.1, 0.15) is 0 Å². The first-order valence-electron chi connectivity index (χ1n) is 3.23. The average Bonchev–Trinajstić information content (AvgIpc) is 1.94. The van der Waals surface area contributed by atoms with E-state index in [1.165, 1.54) is 6.07 Å². The van der Waals surface area contributed by atoms with Crippen molar-refractivity contribution in [2.75, 3.05) is 0 Å². The zero-order chi connectivity index (χ0) is 9.14. The molecule has 0 aliphatic carbocycles. The third-order valence-corrected chi connectivity index (χ3v) is 1.94. The Hall–Kier alpha value is 0.326. The van der Waals surface area contributed by atoms with Gasteiger partial charge in [-0.05, 0) is 17.7 Å². The number of carboxylic acid groups (broad SMARTS) is 1. The fourth-order valence-electron chi connectivity index (χ4n) is 0.821. The summed E-state index contributed by atoms with van der Waals surface area (Å²) >= 11 is 11.3. The van der Waals surface area contributed by atoms with Crippen LogP contribution < -0.4 is 17.5 Å². The van der Waals surface area contributed by atoms with Crippen LogP contribution in [-0.2, 0) is 11.2 Å². The number of carbonyl (C=O) groups excluding carboxylic acids is 1. The summed E-state index contributed by atoms with van der Waals surface area (Å²) in [5.41, 5.74) is 0.515. The van der Waals surface area contributed by atoms with Gasteiger partial charge in [-0.2, -0.15) is 0 Å². The summed E-state index contributed by atoms with van der Waals surface area (Å²) in [6, 6.07) is 4.66. The van der Waals surface area contributed by atoms with E-state index in [9.17, 15) is 9.90 Å². The molecule has 0 saturated carbocycles. The summed E-state index contributed by atoms with van der Waals surface area (Å²) in [5.74, 6) is -1.15. The van der Waals surface area contributed by atoms with Crippen molar-refractivity contribution < 1.29 is 22.3 Å². The van der Waals surface area contributed by atoms with Gasteiger partial charge in [-0.15, -0.1) is 0 Å². The molecule has 0 fully saturated rings. The summed E-state index contributed by atoms with van der Waals surface area (Å²) in [5, 5.41) is 11.0. The number of benzene rings is 1. The minimum Gasteiger partial charge on any atom is -1.00 e. The fraction of sp³-hybridized carbons (Fsp3) is 0.125. The molecule has 1 rings (SSSR count). The van der Waals surface area contributed by atoms with E-state index in [0.29, 0.717) is 15.6 Å². The van der Waals surface area contributed by atoms with Gasteiger partial charge in [0, 0.05) is 22.4 Å². The van der Waals surface area contributed by atoms with Gasteiger partial charge in [-0.3, -0.25) is 0 Å². The van der Waals surface area contributed by atoms with E-state index in [2.05, 4.69) is 0 Å². The molecule has 0 saturated heterocycles. The first-order valence-corrected chi connectivity index (χ1v) is 3.99. The molecule has 0 aliphatic heterocycles. The molecule has 72 valence electrons. The molecule has 1 aromatic carbocycles. The summed E-state index contributed by atoms with van der Waals surface area (Å²) in [4.78, 5) is 10.2. The average molecular weight is 264 g/mol. The fourth-order valence-corrected chi connectivity index (χ4v) is 1.30. The second-order valence-electron chi connectivity index (χ2n) is 2.28. The van der Waals surface area contributed by atoms with E-state index in [1.54, 1.807) is 12.1 Å². The van der Waals surface area contributed by atoms with Gasteiger partial charge in [0.2, 0.25) is 0 Å². The van der Waals surface area contributed by atoms with E-state index < -0.39 is 5.97 Å². The van der Waals surface area contributed by atoms with Gasteiger partial charge in [0.15, 0.2) is 0 Å². The van der Waals surface area contributed by atoms with Crippen molar-refractivity contribution in [1.82, 2.24) is 0 Å². The van der Waals surface area contributed by atoms with E-state index in [0.717, 1.165) is 0 Å². The van der Waals surface area contributed by atoms with Gasteiger partial charge >= 0.3 is 23.1 Å². The van der Waals surface area contributed by atoms with Crippen molar-refractivity contribution in [3.8, 4) is 0 Å². The molecule has 1 aromatic rings. The molecule has 0 heterocycles. The third-order valence-electron chi connectivity index (χ3n) is 1.35. The quantitative estimate of drug-likeness (QED) is 0.574. The maximum atomic E-state index is 10.2. The van der Waals surface area contributed by atoms with Crippen LogP contribution in [0.2, 0.25) is 10.0 Å². The molecule has 0 bridgehead atoms. The van der Waals surface area contributed by atoms with Crippen LogP contribution >= 0.6 is 23.2 Å². The van der Waals surface area contributed by atoms with Crippen LogP contribution in [0.5, 0.6) is 0 Å². The Kier molecular flexibility index (Phi) is 9.09. The first-order chi connectivity index (χ1) is 5.59. The van der Waals surface area contributed by atoms with E-state index in [1.807, 2.05) is 0 Å². The van der Waals surface area contributed by atoms with Crippen molar-refractivity contribution >= 4 is 52.2 Å². The molecule has 0 N–H and O–H groups in total. The number of aliphatic carboxylic acids is 1. The van der Waals surface area contributed by atoms with Crippen LogP contribution in [0.15, 0.2) is 18.2 Å². The van der Waals surface area contributed by atoms with Crippen LogP contribution in [0.1, 0.15) is 5.56 Å². The summed E-state index contributed by atoms with van der Waals surface area (Å²) < 4.78 is 0. The van der Waals surface area contributed by atoms with Gasteiger partial charge in [-0.1, -0.05) is 29.3 Å². The number of carbonyl (C=O) groups is 1. The van der Waals surface area contributed by atoms with Crippen LogP contribution in [0.3, 0.4) is 0 Å². The van der Waals surface area contributed by atoms with Crippen LogP contribution in [0.4, 0.5) is 0 Å². The predicted octanol–water partition coefficient (Wildman–Crippen LogP) is -2.09. The molecule has 0 spiro atoms. The molecule has 6 heteroatoms.